The Kier molecular flexibility index (Phi) is 3.08. The highest BCUT2D eigenvalue weighted by molar-refractivity contribution is 8.13. The first kappa shape index (κ1) is 10.5. The van der Waals surface area contributed by atoms with E-state index in [-0.39, 0.29) is 27.3 Å². The molecule has 0 spiro atoms. The Morgan fingerprint density at radius 2 is 2.14 bits per heavy atom. The summed E-state index contributed by atoms with van der Waals surface area (Å²) in [7, 11) is 1.37. The van der Waals surface area contributed by atoms with Crippen molar-refractivity contribution in [3.8, 4) is 17.2 Å². The van der Waals surface area contributed by atoms with Crippen LogP contribution in [0.1, 0.15) is 0 Å². The van der Waals surface area contributed by atoms with Crippen LogP contribution in [0.15, 0.2) is 17.0 Å². The summed E-state index contributed by atoms with van der Waals surface area (Å²) in [5.74, 6) is -0.0392. The fourth-order valence-corrected chi connectivity index (χ4v) is 1.53. The molecule has 0 aliphatic heterocycles. The van der Waals surface area contributed by atoms with E-state index in [0.29, 0.717) is 0 Å². The molecule has 0 atom stereocenters. The zero-order chi connectivity index (χ0) is 10.7. The Labute approximate surface area is 85.0 Å². The van der Waals surface area contributed by atoms with Crippen molar-refractivity contribution in [1.82, 2.24) is 0 Å². The predicted octanol–water partition coefficient (Wildman–Crippen LogP) is 1.09. The maximum absolute atomic E-state index is 9.55. The smallest absolute Gasteiger partial charge is 0.172 e. The lowest BCUT2D eigenvalue weighted by Gasteiger charge is -2.08. The summed E-state index contributed by atoms with van der Waals surface area (Å²) in [5, 5.41) is 25.7. The number of ether oxygens (including phenoxy) is 1. The zero-order valence-electron chi connectivity index (χ0n) is 7.44. The molecule has 5 nitrogen and oxygen atoms in total. The second-order valence-corrected chi connectivity index (χ2v) is 3.54. The minimum absolute atomic E-state index is 0.0524. The maximum atomic E-state index is 9.55. The number of nitrogens with two attached hydrogens (primary N) is 1. The molecule has 0 fully saturated rings. The number of hydrogen-bond donors (Lipinski definition) is 4. The van der Waals surface area contributed by atoms with Gasteiger partial charge in [0.1, 0.15) is 5.75 Å². The van der Waals surface area contributed by atoms with Crippen LogP contribution in [0.5, 0.6) is 17.2 Å². The summed E-state index contributed by atoms with van der Waals surface area (Å²) in [6, 6.07) is 2.59. The molecule has 1 rings (SSSR count). The summed E-state index contributed by atoms with van der Waals surface area (Å²) in [4.78, 5) is 0.286. The van der Waals surface area contributed by atoms with Gasteiger partial charge in [0.05, 0.1) is 12.0 Å². The average Bonchev–Trinajstić information content (AvgIpc) is 2.09. The van der Waals surface area contributed by atoms with Crippen LogP contribution < -0.4 is 10.5 Å². The van der Waals surface area contributed by atoms with Gasteiger partial charge < -0.3 is 20.7 Å². The van der Waals surface area contributed by atoms with Gasteiger partial charge >= 0.3 is 0 Å². The van der Waals surface area contributed by atoms with Gasteiger partial charge in [-0.3, -0.25) is 5.41 Å². The van der Waals surface area contributed by atoms with Gasteiger partial charge in [-0.05, 0) is 17.8 Å². The van der Waals surface area contributed by atoms with Gasteiger partial charge in [0, 0.05) is 6.07 Å². The molecule has 0 aromatic heterocycles. The molecule has 1 aromatic carbocycles. The molecule has 0 saturated heterocycles. The van der Waals surface area contributed by atoms with Crippen molar-refractivity contribution >= 4 is 16.9 Å². The van der Waals surface area contributed by atoms with Crippen molar-refractivity contribution in [3.05, 3.63) is 12.1 Å². The highest BCUT2D eigenvalue weighted by Gasteiger charge is 2.11. The molecule has 0 radical (unpaired) electrons. The summed E-state index contributed by atoms with van der Waals surface area (Å²) in [6.45, 7) is 0. The lowest BCUT2D eigenvalue weighted by molar-refractivity contribution is 0.362. The molecule has 6 heteroatoms. The van der Waals surface area contributed by atoms with Gasteiger partial charge in [-0.2, -0.15) is 0 Å². The average molecular weight is 214 g/mol. The van der Waals surface area contributed by atoms with E-state index in [2.05, 4.69) is 0 Å². The molecule has 0 bridgehead atoms. The molecule has 14 heavy (non-hydrogen) atoms. The number of thioether (sulfide) groups is 1. The summed E-state index contributed by atoms with van der Waals surface area (Å²) < 4.78 is 4.81. The summed E-state index contributed by atoms with van der Waals surface area (Å²) >= 11 is 0.840. The van der Waals surface area contributed by atoms with Crippen LogP contribution in [0.25, 0.3) is 0 Å². The van der Waals surface area contributed by atoms with Gasteiger partial charge in [0.2, 0.25) is 0 Å². The lowest BCUT2D eigenvalue weighted by Crippen LogP contribution is -2.03. The Morgan fingerprint density at radius 3 is 2.64 bits per heavy atom. The van der Waals surface area contributed by atoms with Gasteiger partial charge in [0.15, 0.2) is 16.7 Å². The van der Waals surface area contributed by atoms with Crippen LogP contribution in [0, 0.1) is 5.41 Å². The van der Waals surface area contributed by atoms with Crippen LogP contribution in [-0.4, -0.2) is 22.5 Å². The highest BCUT2D eigenvalue weighted by Crippen LogP contribution is 2.39. The zero-order valence-corrected chi connectivity index (χ0v) is 8.26. The van der Waals surface area contributed by atoms with E-state index in [9.17, 15) is 10.2 Å². The number of nitrogens with one attached hydrogen (secondary N) is 1. The first-order chi connectivity index (χ1) is 6.54. The molecule has 76 valence electrons. The third kappa shape index (κ3) is 2.23. The first-order valence-corrected chi connectivity index (χ1v) is 4.48. The predicted molar refractivity (Wildman–Crippen MR) is 54.1 cm³/mol. The van der Waals surface area contributed by atoms with E-state index >= 15 is 0 Å². The normalized spacial score (nSPS) is 9.79. The third-order valence-corrected chi connectivity index (χ3v) is 2.22. The van der Waals surface area contributed by atoms with Crippen molar-refractivity contribution in [2.24, 2.45) is 5.73 Å². The third-order valence-electron chi connectivity index (χ3n) is 1.46. The monoisotopic (exact) mass is 214 g/mol. The topological polar surface area (TPSA) is 99.6 Å². The Hall–Kier alpha value is -1.56. The minimum atomic E-state index is -0.173. The van der Waals surface area contributed by atoms with E-state index < -0.39 is 0 Å². The molecule has 0 saturated carbocycles. The lowest BCUT2D eigenvalue weighted by atomic mass is 10.3. The SMILES string of the molecule is COc1cc(O)cc(SC(=N)N)c1O. The minimum Gasteiger partial charge on any atom is -0.508 e. The number of phenolic OH excluding ortho intramolecular Hbond substituents is 2. The van der Waals surface area contributed by atoms with Gasteiger partial charge in [-0.15, -0.1) is 0 Å². The van der Waals surface area contributed by atoms with Gasteiger partial charge in [0.25, 0.3) is 0 Å². The second-order valence-electron chi connectivity index (χ2n) is 2.46. The van der Waals surface area contributed by atoms with E-state index in [4.69, 9.17) is 15.9 Å². The second kappa shape index (κ2) is 4.10. The Morgan fingerprint density at radius 1 is 1.50 bits per heavy atom. The number of phenols is 2. The van der Waals surface area contributed by atoms with Crippen molar-refractivity contribution in [1.29, 1.82) is 5.41 Å². The maximum Gasteiger partial charge on any atom is 0.172 e. The number of hydrogen-bond acceptors (Lipinski definition) is 5. The van der Waals surface area contributed by atoms with E-state index in [1.54, 1.807) is 0 Å². The molecule has 0 aliphatic carbocycles. The van der Waals surface area contributed by atoms with E-state index in [1.165, 1.54) is 19.2 Å². The quantitative estimate of drug-likeness (QED) is 0.255. The van der Waals surface area contributed by atoms with Crippen LogP contribution >= 0.6 is 11.8 Å². The van der Waals surface area contributed by atoms with E-state index in [0.717, 1.165) is 11.8 Å². The van der Waals surface area contributed by atoms with Crippen molar-refractivity contribution in [3.63, 3.8) is 0 Å². The molecule has 0 unspecified atom stereocenters. The number of methoxy groups -OCH3 is 1. The number of rotatable bonds is 2. The molecular weight excluding hydrogens is 204 g/mol. The van der Waals surface area contributed by atoms with Gasteiger partial charge in [-0.1, -0.05) is 0 Å². The van der Waals surface area contributed by atoms with E-state index in [1.807, 2.05) is 0 Å². The Bertz CT molecular complexity index is 368. The van der Waals surface area contributed by atoms with Crippen LogP contribution in [0.2, 0.25) is 0 Å². The van der Waals surface area contributed by atoms with Crippen molar-refractivity contribution < 1.29 is 14.9 Å². The number of aromatic hydroxyl groups is 2. The van der Waals surface area contributed by atoms with Crippen molar-refractivity contribution in [2.75, 3.05) is 7.11 Å². The largest absolute Gasteiger partial charge is 0.508 e. The fourth-order valence-electron chi connectivity index (χ4n) is 0.920. The first-order valence-electron chi connectivity index (χ1n) is 3.66. The van der Waals surface area contributed by atoms with Crippen LogP contribution in [0.3, 0.4) is 0 Å². The number of benzene rings is 1. The summed E-state index contributed by atoms with van der Waals surface area (Å²) in [6.07, 6.45) is 0. The van der Waals surface area contributed by atoms with Crippen LogP contribution in [0.4, 0.5) is 0 Å². The number of amidine groups is 1. The van der Waals surface area contributed by atoms with Gasteiger partial charge in [-0.25, -0.2) is 0 Å². The molecular formula is C8H10N2O3S. The molecule has 0 heterocycles. The fraction of sp³-hybridized carbons (Fsp3) is 0.125. The van der Waals surface area contributed by atoms with Crippen molar-refractivity contribution in [2.45, 2.75) is 4.90 Å². The summed E-state index contributed by atoms with van der Waals surface area (Å²) in [5.41, 5.74) is 5.15. The van der Waals surface area contributed by atoms with Crippen LogP contribution in [-0.2, 0) is 0 Å². The molecule has 0 aliphatic rings. The molecule has 5 N–H and O–H groups in total. The Balaban J connectivity index is 3.15. The molecule has 0 amide bonds. The molecule has 1 aromatic rings. The highest BCUT2D eigenvalue weighted by atomic mass is 32.2. The standard InChI is InChI=1S/C8H10N2O3S/c1-13-5-2-4(11)3-6(7(5)12)14-8(9)10/h2-3,11-12H,1H3,(H3,9,10).